The minimum absolute atomic E-state index is 0.0877. The lowest BCUT2D eigenvalue weighted by molar-refractivity contribution is -0.143. The smallest absolute Gasteiger partial charge is 0.462 e. The SMILES string of the molecule is C=C(C)C(=O)OCC(O)COCCC[Si](C)(C)O[Si](C)(C)O[Si](C)(C)O[Si](C)(C)O[Si](C)(C)CCCC.C=C(C)C(=O)OCC(O)COCCC[Si](C)(O[Si](C)(C)C)O[Si](C)(C)C.C=C(C)C(=O)OCCC[Si](C)(C)O[Si](C)(C)CCCC.C=C(C)C(=O)OCCC[Si](O[Si](C)(C)C)(O[Si](C)(C)C)O[Si](C)(C)C. The van der Waals surface area contributed by atoms with Gasteiger partial charge in [0.05, 0.1) is 26.4 Å². The molecule has 0 rings (SSSR count). The van der Waals surface area contributed by atoms with Crippen LogP contribution in [0.1, 0.15) is 92.9 Å². The molecule has 0 aromatic heterocycles. The molecule has 0 spiro atoms. The van der Waals surface area contributed by atoms with Crippen molar-refractivity contribution in [1.29, 1.82) is 0 Å². The van der Waals surface area contributed by atoms with E-state index in [9.17, 15) is 29.4 Å². The fourth-order valence-corrected chi connectivity index (χ4v) is 72.2. The lowest BCUT2D eigenvalue weighted by Crippen LogP contribution is -2.60. The van der Waals surface area contributed by atoms with E-state index in [1.165, 1.54) is 31.7 Å². The van der Waals surface area contributed by atoms with Crippen LogP contribution in [0.4, 0.5) is 0 Å². The average molecular weight is 1780 g/mol. The molecular weight excluding hydrogens is 1610 g/mol. The van der Waals surface area contributed by atoms with Crippen LogP contribution in [0.15, 0.2) is 48.6 Å². The third-order valence-corrected chi connectivity index (χ3v) is 62.6. The van der Waals surface area contributed by atoms with Crippen molar-refractivity contribution in [2.24, 2.45) is 0 Å². The lowest BCUT2D eigenvalue weighted by Gasteiger charge is -2.42. The topological polar surface area (TPSA) is 256 Å². The van der Waals surface area contributed by atoms with Crippen LogP contribution in [0, 0.1) is 0 Å². The molecule has 0 aliphatic carbocycles. The van der Waals surface area contributed by atoms with Crippen molar-refractivity contribution in [3.8, 4) is 0 Å². The molecule has 0 aliphatic rings. The summed E-state index contributed by atoms with van der Waals surface area (Å²) in [5, 5.41) is 19.7. The molecule has 0 bridgehead atoms. The monoisotopic (exact) mass is 1770 g/mol. The Labute approximate surface area is 675 Å². The van der Waals surface area contributed by atoms with E-state index in [-0.39, 0.29) is 38.4 Å². The van der Waals surface area contributed by atoms with E-state index in [0.717, 1.165) is 43.4 Å². The maximum atomic E-state index is 11.6. The van der Waals surface area contributed by atoms with Gasteiger partial charge in [0.2, 0.25) is 0 Å². The van der Waals surface area contributed by atoms with Gasteiger partial charge in [-0.1, -0.05) is 65.8 Å². The Bertz CT molecular complexity index is 2590. The molecule has 0 heterocycles. The van der Waals surface area contributed by atoms with Crippen molar-refractivity contribution < 1.29 is 99.0 Å². The van der Waals surface area contributed by atoms with Crippen LogP contribution in [0.25, 0.3) is 0 Å². The Morgan fingerprint density at radius 3 is 0.806 bits per heavy atom. The van der Waals surface area contributed by atoms with Gasteiger partial charge in [-0.2, -0.15) is 0 Å². The van der Waals surface area contributed by atoms with Gasteiger partial charge < -0.3 is 79.8 Å². The molecule has 0 radical (unpaired) electrons. The van der Waals surface area contributed by atoms with Gasteiger partial charge in [0.15, 0.2) is 74.9 Å². The van der Waals surface area contributed by atoms with Crippen LogP contribution in [0.2, 0.25) is 233 Å². The highest BCUT2D eigenvalue weighted by Crippen LogP contribution is 2.33. The number of esters is 4. The van der Waals surface area contributed by atoms with Gasteiger partial charge in [0, 0.05) is 41.6 Å². The standard InChI is InChI=1S/C24H56O8Si5.C17H38O6Si3.C16H38O5Si4.C15H32O3Si2/c1-14-15-18-33(4,5)29-35(8,9)31-37(12,13)32-36(10,11)30-34(6,7)19-16-17-27-20-23(25)21-28-24(26)22(2)3;1-15(2)17(19)21-14-16(18)13-20-11-10-12-26(9,22-24(3,4)5)23-25(6,7)8;1-15(2)16(17)18-13-12-14-25(19-22(3,4)5,20-23(6,7)8)21-24(9,10)11;1-8-9-12-19(4,5)18-20(6,7)13-10-11-17-15(16)14(2)3/h23,25H,2,14-21H2,1,3-13H3;16,18H,1,10-14H2,2-9H3;1,12-14H2,2-11H3;2,8-13H2,1,3-7H3. The van der Waals surface area contributed by atoms with E-state index in [4.69, 9.17) is 69.6 Å². The Hall–Kier alpha value is -0.684. The number of rotatable bonds is 54. The summed E-state index contributed by atoms with van der Waals surface area (Å²) in [7, 11) is -28.2. The summed E-state index contributed by atoms with van der Waals surface area (Å²) in [6.07, 6.45) is 6.39. The van der Waals surface area contributed by atoms with Crippen molar-refractivity contribution in [3.63, 3.8) is 0 Å². The van der Waals surface area contributed by atoms with Crippen LogP contribution in [-0.2, 0) is 88.8 Å². The number of unbranched alkanes of at least 4 members (excludes halogenated alkanes) is 2. The van der Waals surface area contributed by atoms with Gasteiger partial charge in [-0.3, -0.25) is 0 Å². The highest BCUT2D eigenvalue weighted by molar-refractivity contribution is 6.92. The van der Waals surface area contributed by atoms with Gasteiger partial charge in [0.25, 0.3) is 0 Å². The van der Waals surface area contributed by atoms with Gasteiger partial charge in [-0.25, -0.2) is 19.2 Å². The maximum Gasteiger partial charge on any atom is 0.469 e. The average Bonchev–Trinajstić information content (AvgIpc) is 0.815. The number of hydrogen-bond donors (Lipinski definition) is 2. The summed E-state index contributed by atoms with van der Waals surface area (Å²) in [5.41, 5.74) is 1.50. The summed E-state index contributed by atoms with van der Waals surface area (Å²) >= 11 is 0. The van der Waals surface area contributed by atoms with Crippen molar-refractivity contribution in [1.82, 2.24) is 0 Å². The van der Waals surface area contributed by atoms with Gasteiger partial charge in [0.1, 0.15) is 25.4 Å². The van der Waals surface area contributed by atoms with E-state index in [1.807, 2.05) is 0 Å². The number of carbonyl (C=O) groups excluding carboxylic acids is 4. The largest absolute Gasteiger partial charge is 0.469 e. The molecule has 0 saturated heterocycles. The van der Waals surface area contributed by atoms with Crippen molar-refractivity contribution in [2.45, 2.75) is 338 Å². The molecule has 36 heteroatoms. The van der Waals surface area contributed by atoms with E-state index in [2.05, 4.69) is 237 Å². The number of aliphatic hydroxyl groups excluding tert-OH is 2. The molecule has 2 N–H and O–H groups in total. The third-order valence-electron chi connectivity index (χ3n) is 14.1. The summed E-state index contributed by atoms with van der Waals surface area (Å²) in [6.45, 7) is 92.6. The minimum Gasteiger partial charge on any atom is -0.462 e. The second-order valence-electron chi connectivity index (χ2n) is 37.3. The fraction of sp³-hybridized carbons (Fsp3) is 0.833. The highest BCUT2D eigenvalue weighted by atomic mass is 28.5. The van der Waals surface area contributed by atoms with E-state index in [1.54, 1.807) is 27.7 Å². The number of ether oxygens (including phenoxy) is 6. The lowest BCUT2D eigenvalue weighted by atomic mass is 10.3. The molecule has 2 unspecified atom stereocenters. The Morgan fingerprint density at radius 1 is 0.287 bits per heavy atom. The van der Waals surface area contributed by atoms with Crippen LogP contribution < -0.4 is 0 Å². The van der Waals surface area contributed by atoms with Crippen LogP contribution in [-0.4, -0.2) is 217 Å². The predicted molar refractivity (Wildman–Crippen MR) is 481 cm³/mol. The molecule has 22 nitrogen and oxygen atoms in total. The molecule has 108 heavy (non-hydrogen) atoms. The molecule has 2 atom stereocenters. The Balaban J connectivity index is -0.000000685. The molecule has 0 saturated carbocycles. The van der Waals surface area contributed by atoms with Crippen molar-refractivity contribution in [2.75, 3.05) is 52.9 Å². The molecule has 640 valence electrons. The molecule has 0 aliphatic heterocycles. The van der Waals surface area contributed by atoms with E-state index in [0.29, 0.717) is 61.2 Å². The van der Waals surface area contributed by atoms with Gasteiger partial charge >= 0.3 is 66.9 Å². The van der Waals surface area contributed by atoms with E-state index < -0.39 is 142 Å². The summed E-state index contributed by atoms with van der Waals surface area (Å²) in [4.78, 5) is 45.5. The van der Waals surface area contributed by atoms with Gasteiger partial charge in [-0.15, -0.1) is 0 Å². The van der Waals surface area contributed by atoms with Crippen LogP contribution in [0.5, 0.6) is 0 Å². The molecule has 0 aromatic rings. The zero-order valence-electron chi connectivity index (χ0n) is 75.6. The van der Waals surface area contributed by atoms with Crippen LogP contribution >= 0.6 is 0 Å². The Kier molecular flexibility index (Phi) is 54.2. The minimum atomic E-state index is -2.83. The normalized spacial score (nSPS) is 13.8. The molecule has 0 amide bonds. The maximum absolute atomic E-state index is 11.6. The second kappa shape index (κ2) is 51.5. The predicted octanol–water partition coefficient (Wildman–Crippen LogP) is 19.6. The first-order valence-corrected chi connectivity index (χ1v) is 81.5. The number of carbonyl (C=O) groups is 4. The van der Waals surface area contributed by atoms with E-state index >= 15 is 0 Å². The first-order valence-electron chi connectivity index (χ1n) is 39.1. The second-order valence-corrected chi connectivity index (χ2v) is 95.7. The highest BCUT2D eigenvalue weighted by Gasteiger charge is 2.50. The number of aliphatic hydroxyl groups is 2. The van der Waals surface area contributed by atoms with Crippen molar-refractivity contribution >= 4 is 142 Å². The zero-order chi connectivity index (χ0) is 85.6. The van der Waals surface area contributed by atoms with Gasteiger partial charge in [-0.05, 0) is 280 Å². The third kappa shape index (κ3) is 68.5. The van der Waals surface area contributed by atoms with Crippen molar-refractivity contribution in [3.05, 3.63) is 48.6 Å². The zero-order valence-corrected chi connectivity index (χ0v) is 89.6. The first-order chi connectivity index (χ1) is 48.3. The molecular formula is C72H164O22Si14. The molecule has 0 aromatic carbocycles. The summed E-state index contributed by atoms with van der Waals surface area (Å²) < 4.78 is 97.0. The quantitative estimate of drug-likeness (QED) is 0.0189. The summed E-state index contributed by atoms with van der Waals surface area (Å²) in [5.74, 6) is -1.65. The fourth-order valence-electron chi connectivity index (χ4n) is 11.4. The number of hydrogen-bond acceptors (Lipinski definition) is 22. The molecule has 0 fully saturated rings. The first kappa shape index (κ1) is 114. The van der Waals surface area contributed by atoms with Crippen LogP contribution in [0.3, 0.4) is 0 Å². The Morgan fingerprint density at radius 2 is 0.528 bits per heavy atom. The summed E-state index contributed by atoms with van der Waals surface area (Å²) in [6, 6.07) is 5.89.